The van der Waals surface area contributed by atoms with Gasteiger partial charge in [0.1, 0.15) is 0 Å². The minimum Gasteiger partial charge on any atom is -0.481 e. The highest BCUT2D eigenvalue weighted by atomic mass is 35.5. The van der Waals surface area contributed by atoms with Crippen molar-refractivity contribution in [2.24, 2.45) is 11.7 Å². The maximum atomic E-state index is 10.4. The molecule has 1 heterocycles. The molecule has 2 atom stereocenters. The van der Waals surface area contributed by atoms with E-state index < -0.39 is 5.97 Å². The van der Waals surface area contributed by atoms with Gasteiger partial charge in [-0.3, -0.25) is 4.79 Å². The van der Waals surface area contributed by atoms with Crippen molar-refractivity contribution in [1.29, 1.82) is 0 Å². The molecule has 1 fully saturated rings. The van der Waals surface area contributed by atoms with Crippen LogP contribution in [0.3, 0.4) is 0 Å². The van der Waals surface area contributed by atoms with Crippen molar-refractivity contribution >= 4 is 18.4 Å². The summed E-state index contributed by atoms with van der Waals surface area (Å²) in [5.74, 6) is -1.18. The monoisotopic (exact) mass is 181 g/mol. The largest absolute Gasteiger partial charge is 0.481 e. The number of halogens is 1. The molecule has 66 valence electrons. The summed E-state index contributed by atoms with van der Waals surface area (Å²) in [6.45, 7) is 0.829. The second-order valence-electron chi connectivity index (χ2n) is 2.38. The van der Waals surface area contributed by atoms with Crippen molar-refractivity contribution in [3.05, 3.63) is 0 Å². The van der Waals surface area contributed by atoms with Crippen molar-refractivity contribution in [3.8, 4) is 0 Å². The zero-order chi connectivity index (χ0) is 7.56. The molecule has 0 unspecified atom stereocenters. The van der Waals surface area contributed by atoms with E-state index >= 15 is 0 Å². The molecule has 1 aliphatic heterocycles. The van der Waals surface area contributed by atoms with E-state index in [0.29, 0.717) is 19.6 Å². The molecule has 3 N–H and O–H groups in total. The van der Waals surface area contributed by atoms with Gasteiger partial charge in [0.25, 0.3) is 0 Å². The summed E-state index contributed by atoms with van der Waals surface area (Å²) < 4.78 is 5.07. The van der Waals surface area contributed by atoms with Crippen LogP contribution in [0.2, 0.25) is 0 Å². The first-order valence-corrected chi connectivity index (χ1v) is 3.30. The summed E-state index contributed by atoms with van der Waals surface area (Å²) in [7, 11) is 0. The summed E-state index contributed by atoms with van der Waals surface area (Å²) in [5.41, 5.74) is 5.27. The third kappa shape index (κ3) is 2.32. The highest BCUT2D eigenvalue weighted by Gasteiger charge is 2.32. The standard InChI is InChI=1S/C6H11NO3.ClH/c7-3-5-4(6(8)9)1-2-10-5;/h4-5H,1-3,7H2,(H,8,9);1H/t4-,5-;/m0./s1. The molecule has 0 radical (unpaired) electrons. The normalized spacial score (nSPS) is 29.5. The predicted octanol–water partition coefficient (Wildman–Crippen LogP) is -0.143. The third-order valence-electron chi connectivity index (χ3n) is 1.76. The molecule has 1 rings (SSSR count). The van der Waals surface area contributed by atoms with E-state index in [1.165, 1.54) is 0 Å². The lowest BCUT2D eigenvalue weighted by atomic mass is 10.0. The first-order valence-electron chi connectivity index (χ1n) is 3.30. The molecule has 0 aromatic carbocycles. The molecule has 5 heteroatoms. The van der Waals surface area contributed by atoms with Gasteiger partial charge in [-0.1, -0.05) is 0 Å². The van der Waals surface area contributed by atoms with Gasteiger partial charge in [0, 0.05) is 13.2 Å². The fourth-order valence-electron chi connectivity index (χ4n) is 1.16. The minimum atomic E-state index is -0.798. The van der Waals surface area contributed by atoms with Crippen LogP contribution < -0.4 is 5.73 Å². The van der Waals surface area contributed by atoms with Crippen LogP contribution in [-0.4, -0.2) is 30.3 Å². The highest BCUT2D eigenvalue weighted by Crippen LogP contribution is 2.19. The average molecular weight is 182 g/mol. The Morgan fingerprint density at radius 3 is 2.73 bits per heavy atom. The van der Waals surface area contributed by atoms with Gasteiger partial charge in [0.2, 0.25) is 0 Å². The summed E-state index contributed by atoms with van der Waals surface area (Å²) in [5, 5.41) is 8.58. The Hall–Kier alpha value is -0.320. The van der Waals surface area contributed by atoms with E-state index in [1.807, 2.05) is 0 Å². The van der Waals surface area contributed by atoms with Gasteiger partial charge in [-0.2, -0.15) is 0 Å². The van der Waals surface area contributed by atoms with Crippen molar-refractivity contribution in [3.63, 3.8) is 0 Å². The van der Waals surface area contributed by atoms with Gasteiger partial charge in [-0.25, -0.2) is 0 Å². The van der Waals surface area contributed by atoms with E-state index in [-0.39, 0.29) is 24.4 Å². The molecule has 0 amide bonds. The average Bonchev–Trinajstić information content (AvgIpc) is 2.33. The van der Waals surface area contributed by atoms with Crippen LogP contribution in [-0.2, 0) is 9.53 Å². The Kier molecular flexibility index (Phi) is 4.40. The van der Waals surface area contributed by atoms with E-state index in [4.69, 9.17) is 15.6 Å². The van der Waals surface area contributed by atoms with Gasteiger partial charge < -0.3 is 15.6 Å². The molecule has 0 aliphatic carbocycles. The Morgan fingerprint density at radius 2 is 2.36 bits per heavy atom. The molecular weight excluding hydrogens is 170 g/mol. The molecule has 1 saturated heterocycles. The molecule has 1 aliphatic rings. The van der Waals surface area contributed by atoms with Crippen LogP contribution in [0.1, 0.15) is 6.42 Å². The van der Waals surface area contributed by atoms with Crippen molar-refractivity contribution in [2.75, 3.05) is 13.2 Å². The first kappa shape index (κ1) is 10.7. The van der Waals surface area contributed by atoms with Crippen LogP contribution in [0.25, 0.3) is 0 Å². The van der Waals surface area contributed by atoms with Crippen molar-refractivity contribution in [2.45, 2.75) is 12.5 Å². The fourth-order valence-corrected chi connectivity index (χ4v) is 1.16. The number of nitrogens with two attached hydrogens (primary N) is 1. The SMILES string of the molecule is Cl.NC[C@@H]1OCC[C@@H]1C(=O)O. The van der Waals surface area contributed by atoms with Crippen LogP contribution in [0, 0.1) is 5.92 Å². The van der Waals surface area contributed by atoms with Crippen molar-refractivity contribution in [1.82, 2.24) is 0 Å². The number of carbonyl (C=O) groups is 1. The highest BCUT2D eigenvalue weighted by molar-refractivity contribution is 5.85. The molecule has 4 nitrogen and oxygen atoms in total. The van der Waals surface area contributed by atoms with Gasteiger partial charge in [0.05, 0.1) is 12.0 Å². The molecule has 0 aromatic heterocycles. The number of hydrogen-bond acceptors (Lipinski definition) is 3. The van der Waals surface area contributed by atoms with Gasteiger partial charge in [0.15, 0.2) is 0 Å². The summed E-state index contributed by atoms with van der Waals surface area (Å²) in [4.78, 5) is 10.4. The number of ether oxygens (including phenoxy) is 1. The number of carboxylic acid groups (broad SMARTS) is 1. The zero-order valence-corrected chi connectivity index (χ0v) is 6.84. The van der Waals surface area contributed by atoms with E-state index in [1.54, 1.807) is 0 Å². The third-order valence-corrected chi connectivity index (χ3v) is 1.76. The predicted molar refractivity (Wildman–Crippen MR) is 41.8 cm³/mol. The number of carboxylic acids is 1. The number of hydrogen-bond donors (Lipinski definition) is 2. The van der Waals surface area contributed by atoms with Crippen LogP contribution in [0.5, 0.6) is 0 Å². The first-order chi connectivity index (χ1) is 4.75. The maximum absolute atomic E-state index is 10.4. The molecule has 11 heavy (non-hydrogen) atoms. The Morgan fingerprint density at radius 1 is 1.73 bits per heavy atom. The summed E-state index contributed by atoms with van der Waals surface area (Å²) >= 11 is 0. The molecule has 0 saturated carbocycles. The Labute approximate surface area is 71.1 Å². The smallest absolute Gasteiger partial charge is 0.309 e. The molecular formula is C6H12ClNO3. The van der Waals surface area contributed by atoms with E-state index in [2.05, 4.69) is 0 Å². The minimum absolute atomic E-state index is 0. The zero-order valence-electron chi connectivity index (χ0n) is 6.03. The summed E-state index contributed by atoms with van der Waals surface area (Å²) in [6.07, 6.45) is 0.328. The second kappa shape index (κ2) is 4.54. The molecule has 0 spiro atoms. The van der Waals surface area contributed by atoms with Gasteiger partial charge in [-0.05, 0) is 6.42 Å². The Bertz CT molecular complexity index is 142. The van der Waals surface area contributed by atoms with E-state index in [0.717, 1.165) is 0 Å². The second-order valence-corrected chi connectivity index (χ2v) is 2.38. The lowest BCUT2D eigenvalue weighted by molar-refractivity contribution is -0.143. The maximum Gasteiger partial charge on any atom is 0.309 e. The number of rotatable bonds is 2. The van der Waals surface area contributed by atoms with Gasteiger partial charge >= 0.3 is 5.97 Å². The van der Waals surface area contributed by atoms with Crippen LogP contribution in [0.15, 0.2) is 0 Å². The molecule has 0 aromatic rings. The van der Waals surface area contributed by atoms with Crippen LogP contribution in [0.4, 0.5) is 0 Å². The topological polar surface area (TPSA) is 72.5 Å². The fraction of sp³-hybridized carbons (Fsp3) is 0.833. The molecule has 0 bridgehead atoms. The van der Waals surface area contributed by atoms with Crippen LogP contribution >= 0.6 is 12.4 Å². The lowest BCUT2D eigenvalue weighted by Crippen LogP contribution is -2.30. The quantitative estimate of drug-likeness (QED) is 0.622. The number of aliphatic carboxylic acids is 1. The van der Waals surface area contributed by atoms with Crippen molar-refractivity contribution < 1.29 is 14.6 Å². The lowest BCUT2D eigenvalue weighted by Gasteiger charge is -2.10. The Balaban J connectivity index is 0.000001000. The summed E-state index contributed by atoms with van der Waals surface area (Å²) in [6, 6.07) is 0. The van der Waals surface area contributed by atoms with Gasteiger partial charge in [-0.15, -0.1) is 12.4 Å². The van der Waals surface area contributed by atoms with E-state index in [9.17, 15) is 4.79 Å².